The molecule has 0 amide bonds. The highest BCUT2D eigenvalue weighted by molar-refractivity contribution is 5.52. The maximum atomic E-state index is 5.43. The summed E-state index contributed by atoms with van der Waals surface area (Å²) in [6, 6.07) is 2.39. The Balaban J connectivity index is 1.22. The van der Waals surface area contributed by atoms with Crippen molar-refractivity contribution in [3.8, 4) is 0 Å². The van der Waals surface area contributed by atoms with E-state index in [-0.39, 0.29) is 0 Å². The zero-order valence-electron chi connectivity index (χ0n) is 17.1. The first-order valence-corrected chi connectivity index (χ1v) is 10.8. The van der Waals surface area contributed by atoms with Crippen molar-refractivity contribution in [3.05, 3.63) is 29.3 Å². The predicted octanol–water partition coefficient (Wildman–Crippen LogP) is 1.98. The van der Waals surface area contributed by atoms with Crippen molar-refractivity contribution in [3.63, 3.8) is 0 Å². The minimum absolute atomic E-state index is 0.426. The van der Waals surface area contributed by atoms with Crippen LogP contribution in [0.2, 0.25) is 0 Å². The van der Waals surface area contributed by atoms with Gasteiger partial charge in [0.05, 0.1) is 13.2 Å². The molecule has 0 spiro atoms. The van der Waals surface area contributed by atoms with Crippen LogP contribution in [0, 0.1) is 6.92 Å². The molecule has 2 aromatic heterocycles. The van der Waals surface area contributed by atoms with Gasteiger partial charge in [0.1, 0.15) is 17.5 Å². The molecule has 0 radical (unpaired) electrons. The first kappa shape index (κ1) is 18.5. The highest BCUT2D eigenvalue weighted by Gasteiger charge is 2.26. The molecule has 1 N–H and O–H groups in total. The zero-order chi connectivity index (χ0) is 19.6. The first-order valence-electron chi connectivity index (χ1n) is 10.8. The van der Waals surface area contributed by atoms with Gasteiger partial charge in [0.25, 0.3) is 0 Å². The Kier molecular flexibility index (Phi) is 5.18. The van der Waals surface area contributed by atoms with E-state index in [9.17, 15) is 0 Å². The summed E-state index contributed by atoms with van der Waals surface area (Å²) < 4.78 is 5.43. The molecule has 1 aliphatic carbocycles. The van der Waals surface area contributed by atoms with Gasteiger partial charge in [-0.05, 0) is 45.1 Å². The third-order valence-corrected chi connectivity index (χ3v) is 6.11. The van der Waals surface area contributed by atoms with Gasteiger partial charge >= 0.3 is 0 Å². The van der Waals surface area contributed by atoms with Crippen molar-refractivity contribution >= 4 is 17.6 Å². The summed E-state index contributed by atoms with van der Waals surface area (Å²) >= 11 is 0. The number of anilines is 3. The number of piperidine rings is 1. The van der Waals surface area contributed by atoms with Crippen molar-refractivity contribution in [2.45, 2.75) is 45.1 Å². The van der Waals surface area contributed by atoms with E-state index in [1.807, 2.05) is 19.2 Å². The van der Waals surface area contributed by atoms with Gasteiger partial charge in [-0.1, -0.05) is 0 Å². The molecular formula is C21H29N7O. The van der Waals surface area contributed by atoms with Gasteiger partial charge in [0, 0.05) is 49.7 Å². The Hall–Kier alpha value is -2.48. The lowest BCUT2D eigenvalue weighted by molar-refractivity contribution is 0.122. The summed E-state index contributed by atoms with van der Waals surface area (Å²) in [6.07, 6.45) is 7.43. The van der Waals surface area contributed by atoms with Crippen molar-refractivity contribution < 1.29 is 4.74 Å². The monoisotopic (exact) mass is 395 g/mol. The van der Waals surface area contributed by atoms with E-state index in [1.54, 1.807) is 0 Å². The van der Waals surface area contributed by atoms with Crippen LogP contribution in [-0.2, 0) is 17.6 Å². The van der Waals surface area contributed by atoms with Crippen LogP contribution in [0.15, 0.2) is 12.3 Å². The van der Waals surface area contributed by atoms with Crippen LogP contribution in [0.5, 0.6) is 0 Å². The number of hydrogen-bond acceptors (Lipinski definition) is 8. The fourth-order valence-electron chi connectivity index (χ4n) is 4.58. The number of ether oxygens (including phenoxy) is 1. The van der Waals surface area contributed by atoms with E-state index >= 15 is 0 Å². The minimum atomic E-state index is 0.426. The molecule has 2 aliphatic heterocycles. The minimum Gasteiger partial charge on any atom is -0.378 e. The number of nitrogens with zero attached hydrogens (tertiary/aromatic N) is 6. The maximum absolute atomic E-state index is 5.43. The number of aryl methyl sites for hydroxylation is 2. The molecule has 5 rings (SSSR count). The van der Waals surface area contributed by atoms with Gasteiger partial charge < -0.3 is 19.9 Å². The van der Waals surface area contributed by atoms with Crippen LogP contribution in [0.4, 0.5) is 17.6 Å². The standard InChI is InChI=1S/C21H29N7O/c1-15-23-18-4-2-3-17(18)20(24-15)27-9-6-16(7-10-27)25-19-5-8-22-21(26-19)28-11-13-29-14-12-28/h5,8,16H,2-4,6-7,9-14H2,1H3,(H,22,25,26). The Morgan fingerprint density at radius 3 is 2.66 bits per heavy atom. The van der Waals surface area contributed by atoms with Gasteiger partial charge in [0.2, 0.25) is 5.95 Å². The molecule has 2 fully saturated rings. The number of hydrogen-bond donors (Lipinski definition) is 1. The zero-order valence-corrected chi connectivity index (χ0v) is 17.1. The number of fused-ring (bicyclic) bond motifs is 1. The summed E-state index contributed by atoms with van der Waals surface area (Å²) in [7, 11) is 0. The molecule has 4 heterocycles. The van der Waals surface area contributed by atoms with Crippen molar-refractivity contribution in [1.82, 2.24) is 19.9 Å². The molecular weight excluding hydrogens is 366 g/mol. The fraction of sp³-hybridized carbons (Fsp3) is 0.619. The number of aromatic nitrogens is 4. The van der Waals surface area contributed by atoms with Gasteiger partial charge in [-0.15, -0.1) is 0 Å². The van der Waals surface area contributed by atoms with Gasteiger partial charge in [-0.3, -0.25) is 0 Å². The van der Waals surface area contributed by atoms with Crippen molar-refractivity contribution in [1.29, 1.82) is 0 Å². The molecule has 0 atom stereocenters. The van der Waals surface area contributed by atoms with Crippen molar-refractivity contribution in [2.75, 3.05) is 54.5 Å². The van der Waals surface area contributed by atoms with Crippen LogP contribution >= 0.6 is 0 Å². The van der Waals surface area contributed by atoms with Crippen LogP contribution in [-0.4, -0.2) is 65.4 Å². The lowest BCUT2D eigenvalue weighted by Crippen LogP contribution is -2.40. The normalized spacial score (nSPS) is 20.0. The second-order valence-corrected chi connectivity index (χ2v) is 8.12. The molecule has 3 aliphatic rings. The average molecular weight is 396 g/mol. The van der Waals surface area contributed by atoms with Gasteiger partial charge in [0.15, 0.2) is 0 Å². The SMILES string of the molecule is Cc1nc2c(c(N3CCC(Nc4ccnc(N5CCOCC5)n4)CC3)n1)CCC2. The lowest BCUT2D eigenvalue weighted by atomic mass is 10.0. The Bertz CT molecular complexity index is 860. The first-order chi connectivity index (χ1) is 14.3. The topological polar surface area (TPSA) is 79.3 Å². The summed E-state index contributed by atoms with van der Waals surface area (Å²) in [5.74, 6) is 3.79. The lowest BCUT2D eigenvalue weighted by Gasteiger charge is -2.34. The largest absolute Gasteiger partial charge is 0.378 e. The quantitative estimate of drug-likeness (QED) is 0.842. The van der Waals surface area contributed by atoms with Crippen molar-refractivity contribution in [2.24, 2.45) is 0 Å². The third kappa shape index (κ3) is 3.99. The molecule has 0 aromatic carbocycles. The molecule has 8 nitrogen and oxygen atoms in total. The highest BCUT2D eigenvalue weighted by atomic mass is 16.5. The molecule has 0 bridgehead atoms. The molecule has 0 unspecified atom stereocenters. The van der Waals surface area contributed by atoms with Crippen LogP contribution in [0.25, 0.3) is 0 Å². The van der Waals surface area contributed by atoms with E-state index in [2.05, 4.69) is 25.1 Å². The summed E-state index contributed by atoms with van der Waals surface area (Å²) in [5.41, 5.74) is 2.65. The van der Waals surface area contributed by atoms with Gasteiger partial charge in [-0.2, -0.15) is 4.98 Å². The van der Waals surface area contributed by atoms with E-state index in [0.29, 0.717) is 6.04 Å². The Labute approximate surface area is 171 Å². The van der Waals surface area contributed by atoms with E-state index in [0.717, 1.165) is 82.7 Å². The fourth-order valence-corrected chi connectivity index (χ4v) is 4.58. The van der Waals surface area contributed by atoms with Crippen LogP contribution < -0.4 is 15.1 Å². The Morgan fingerprint density at radius 1 is 1.00 bits per heavy atom. The van der Waals surface area contributed by atoms with E-state index < -0.39 is 0 Å². The number of morpholine rings is 1. The highest BCUT2D eigenvalue weighted by Crippen LogP contribution is 2.30. The molecule has 154 valence electrons. The second kappa shape index (κ2) is 8.10. The molecule has 2 aromatic rings. The number of nitrogens with one attached hydrogen (secondary N) is 1. The number of rotatable bonds is 4. The van der Waals surface area contributed by atoms with Gasteiger partial charge in [-0.25, -0.2) is 15.0 Å². The molecule has 29 heavy (non-hydrogen) atoms. The maximum Gasteiger partial charge on any atom is 0.227 e. The molecule has 2 saturated heterocycles. The smallest absolute Gasteiger partial charge is 0.227 e. The Morgan fingerprint density at radius 2 is 1.83 bits per heavy atom. The average Bonchev–Trinajstić information content (AvgIpc) is 3.23. The van der Waals surface area contributed by atoms with E-state index in [1.165, 1.54) is 23.5 Å². The molecule has 0 saturated carbocycles. The van der Waals surface area contributed by atoms with E-state index in [4.69, 9.17) is 14.7 Å². The third-order valence-electron chi connectivity index (χ3n) is 6.11. The van der Waals surface area contributed by atoms with Crippen LogP contribution in [0.3, 0.4) is 0 Å². The summed E-state index contributed by atoms with van der Waals surface area (Å²) in [6.45, 7) is 7.23. The summed E-state index contributed by atoms with van der Waals surface area (Å²) in [5, 5.41) is 3.63. The molecule has 8 heteroatoms. The van der Waals surface area contributed by atoms with Crippen LogP contribution in [0.1, 0.15) is 36.3 Å². The summed E-state index contributed by atoms with van der Waals surface area (Å²) in [4.78, 5) is 23.3. The predicted molar refractivity (Wildman–Crippen MR) is 113 cm³/mol. The second-order valence-electron chi connectivity index (χ2n) is 8.12.